The third kappa shape index (κ3) is 12.4. The lowest BCUT2D eigenvalue weighted by molar-refractivity contribution is -0.134. The molecule has 1 aliphatic rings. The summed E-state index contributed by atoms with van der Waals surface area (Å²) in [5.74, 6) is -3.67. The molecule has 0 saturated carbocycles. The van der Waals surface area contributed by atoms with Crippen molar-refractivity contribution in [3.63, 3.8) is 0 Å². The van der Waals surface area contributed by atoms with Gasteiger partial charge in [0.25, 0.3) is 0 Å². The first-order chi connectivity index (χ1) is 25.8. The van der Waals surface area contributed by atoms with Crippen LogP contribution >= 0.6 is 0 Å². The lowest BCUT2D eigenvalue weighted by Crippen LogP contribution is -2.58. The molecule has 0 aliphatic carbocycles. The largest absolute Gasteiger partial charge is 0.508 e. The number of fused-ring (bicyclic) bond motifs is 1. The van der Waals surface area contributed by atoms with Crippen molar-refractivity contribution in [1.82, 2.24) is 26.6 Å². The molecule has 0 unspecified atom stereocenters. The monoisotopic (exact) mass is 743 g/mol. The average molecular weight is 744 g/mol. The Morgan fingerprint density at radius 3 is 1.57 bits per heavy atom. The summed E-state index contributed by atoms with van der Waals surface area (Å²) in [5.41, 5.74) is 23.2. The molecular formula is C37H49N11O6. The van der Waals surface area contributed by atoms with Gasteiger partial charge in [0.05, 0.1) is 0 Å². The van der Waals surface area contributed by atoms with Gasteiger partial charge in [-0.25, -0.2) is 0 Å². The molecule has 14 N–H and O–H groups in total. The molecule has 1 aliphatic heterocycles. The van der Waals surface area contributed by atoms with Crippen LogP contribution in [-0.2, 0) is 36.8 Å². The van der Waals surface area contributed by atoms with Crippen molar-refractivity contribution in [3.05, 3.63) is 77.9 Å². The van der Waals surface area contributed by atoms with Crippen LogP contribution in [-0.4, -0.2) is 89.9 Å². The summed E-state index contributed by atoms with van der Waals surface area (Å²) in [6.07, 6.45) is 0.742. The molecule has 1 fully saturated rings. The number of nitrogens with zero attached hydrogens (tertiary/aromatic N) is 2. The third-order valence-electron chi connectivity index (χ3n) is 8.80. The van der Waals surface area contributed by atoms with Crippen LogP contribution in [0.3, 0.4) is 0 Å². The zero-order valence-electron chi connectivity index (χ0n) is 30.1. The van der Waals surface area contributed by atoms with Gasteiger partial charge in [-0.1, -0.05) is 54.6 Å². The fraction of sp³-hybridized carbons (Fsp3) is 0.378. The van der Waals surface area contributed by atoms with E-state index >= 15 is 0 Å². The number of aromatic hydroxyl groups is 1. The van der Waals surface area contributed by atoms with Crippen LogP contribution in [0.5, 0.6) is 5.75 Å². The van der Waals surface area contributed by atoms with Crippen molar-refractivity contribution in [2.24, 2.45) is 32.9 Å². The summed E-state index contributed by atoms with van der Waals surface area (Å²) in [7, 11) is 0. The first-order valence-corrected chi connectivity index (χ1v) is 17.7. The minimum Gasteiger partial charge on any atom is -0.508 e. The van der Waals surface area contributed by atoms with E-state index in [4.69, 9.17) is 22.9 Å². The summed E-state index contributed by atoms with van der Waals surface area (Å²) in [6, 6.07) is 13.6. The Morgan fingerprint density at radius 1 is 0.574 bits per heavy atom. The second-order valence-corrected chi connectivity index (χ2v) is 13.1. The number of phenols is 1. The van der Waals surface area contributed by atoms with Gasteiger partial charge in [0.1, 0.15) is 36.0 Å². The third-order valence-corrected chi connectivity index (χ3v) is 8.80. The van der Waals surface area contributed by atoms with E-state index in [2.05, 4.69) is 36.6 Å². The SMILES string of the molecule is C[C@@H]1NC(=O)[C@@H](Cc2ccc3ccccc3c2)NC(=O)[C@H](CCCN=C(N)N)NC(=O)[C@@H](CCCN=C(N)N)NC(=O)[C@@H](Cc2ccc(O)cc2)NC1=O. The standard InChI is InChI=1S/C37H49N11O6/c1-21-31(50)47-29(19-22-11-14-26(49)15-12-22)35(54)46-27(8-4-16-42-36(38)39)32(51)45-28(9-5-17-43-37(40)41)33(52)48-30(34(53)44-21)20-23-10-13-24-6-2-3-7-25(24)18-23/h2-3,6-7,10-15,18,21,27-30,49H,4-5,8-9,16-17,19-20H2,1H3,(H,44,53)(H,45,51)(H,46,54)(H,47,50)(H,48,52)(H4,38,39,42)(H4,40,41,43)/t21-,27+,28-,29+,30+/m0/s1. The number of carbonyl (C=O) groups excluding carboxylic acids is 5. The minimum absolute atomic E-state index is 0.0115. The van der Waals surface area contributed by atoms with Gasteiger partial charge in [-0.15, -0.1) is 0 Å². The molecule has 1 heterocycles. The molecule has 17 nitrogen and oxygen atoms in total. The number of guanidine groups is 2. The molecule has 0 spiro atoms. The zero-order chi connectivity index (χ0) is 39.2. The Morgan fingerprint density at radius 2 is 1.02 bits per heavy atom. The van der Waals surface area contributed by atoms with Crippen LogP contribution in [0.1, 0.15) is 43.7 Å². The number of carbonyl (C=O) groups is 5. The number of nitrogens with one attached hydrogen (secondary N) is 5. The Kier molecular flexibility index (Phi) is 14.5. The molecule has 1 saturated heterocycles. The summed E-state index contributed by atoms with van der Waals surface area (Å²) in [4.78, 5) is 77.2. The van der Waals surface area contributed by atoms with E-state index < -0.39 is 59.7 Å². The zero-order valence-corrected chi connectivity index (χ0v) is 30.1. The van der Waals surface area contributed by atoms with E-state index in [1.54, 1.807) is 12.1 Å². The molecule has 3 aromatic carbocycles. The van der Waals surface area contributed by atoms with E-state index in [0.29, 0.717) is 5.56 Å². The molecule has 54 heavy (non-hydrogen) atoms. The molecule has 288 valence electrons. The number of nitrogens with two attached hydrogens (primary N) is 4. The predicted octanol–water partition coefficient (Wildman–Crippen LogP) is -1.10. The summed E-state index contributed by atoms with van der Waals surface area (Å²) < 4.78 is 0. The number of hydrogen-bond donors (Lipinski definition) is 10. The molecule has 3 aromatic rings. The first-order valence-electron chi connectivity index (χ1n) is 17.7. The number of benzene rings is 3. The first kappa shape index (κ1) is 40.4. The van der Waals surface area contributed by atoms with Gasteiger partial charge in [0.15, 0.2) is 11.9 Å². The van der Waals surface area contributed by atoms with Crippen LogP contribution in [0.2, 0.25) is 0 Å². The summed E-state index contributed by atoms with van der Waals surface area (Å²) in [5, 5.41) is 25.3. The highest BCUT2D eigenvalue weighted by atomic mass is 16.3. The van der Waals surface area contributed by atoms with Crippen molar-refractivity contribution in [1.29, 1.82) is 0 Å². The van der Waals surface area contributed by atoms with Crippen molar-refractivity contribution < 1.29 is 29.1 Å². The normalized spacial score (nSPS) is 21.3. The van der Waals surface area contributed by atoms with E-state index in [1.807, 2.05) is 42.5 Å². The average Bonchev–Trinajstić information content (AvgIpc) is 3.13. The van der Waals surface area contributed by atoms with Crippen molar-refractivity contribution in [3.8, 4) is 5.75 Å². The highest BCUT2D eigenvalue weighted by Crippen LogP contribution is 2.18. The van der Waals surface area contributed by atoms with Gasteiger partial charge in [0.2, 0.25) is 29.5 Å². The van der Waals surface area contributed by atoms with Crippen LogP contribution in [0.25, 0.3) is 10.8 Å². The van der Waals surface area contributed by atoms with E-state index in [1.165, 1.54) is 19.1 Å². The van der Waals surface area contributed by atoms with Gasteiger partial charge < -0.3 is 54.6 Å². The van der Waals surface area contributed by atoms with Crippen LogP contribution in [0, 0.1) is 0 Å². The van der Waals surface area contributed by atoms with Gasteiger partial charge in [0, 0.05) is 25.9 Å². The lowest BCUT2D eigenvalue weighted by Gasteiger charge is -2.26. The smallest absolute Gasteiger partial charge is 0.243 e. The van der Waals surface area contributed by atoms with Crippen LogP contribution < -0.4 is 49.5 Å². The van der Waals surface area contributed by atoms with Gasteiger partial charge >= 0.3 is 0 Å². The number of phenolic OH excluding ortho intramolecular Hbond substituents is 1. The van der Waals surface area contributed by atoms with Crippen molar-refractivity contribution >= 4 is 52.2 Å². The number of rotatable bonds is 12. The fourth-order valence-corrected chi connectivity index (χ4v) is 5.93. The highest BCUT2D eigenvalue weighted by molar-refractivity contribution is 5.98. The van der Waals surface area contributed by atoms with Gasteiger partial charge in [-0.05, 0) is 66.6 Å². The summed E-state index contributed by atoms with van der Waals surface area (Å²) in [6.45, 7) is 1.77. The molecule has 4 rings (SSSR count). The predicted molar refractivity (Wildman–Crippen MR) is 205 cm³/mol. The second-order valence-electron chi connectivity index (χ2n) is 13.1. The number of hydrogen-bond acceptors (Lipinski definition) is 8. The molecule has 0 aromatic heterocycles. The molecule has 5 atom stereocenters. The van der Waals surface area contributed by atoms with E-state index in [9.17, 15) is 29.1 Å². The molecule has 17 heteroatoms. The fourth-order valence-electron chi connectivity index (χ4n) is 5.93. The molecule has 0 radical (unpaired) electrons. The van der Waals surface area contributed by atoms with Crippen molar-refractivity contribution in [2.75, 3.05) is 13.1 Å². The van der Waals surface area contributed by atoms with E-state index in [-0.39, 0.29) is 69.3 Å². The Bertz CT molecular complexity index is 1860. The van der Waals surface area contributed by atoms with E-state index in [0.717, 1.165) is 16.3 Å². The number of amides is 5. The van der Waals surface area contributed by atoms with Crippen LogP contribution in [0.4, 0.5) is 0 Å². The molecule has 5 amide bonds. The molecule has 0 bridgehead atoms. The Hall–Kier alpha value is -6.39. The Labute approximate surface area is 312 Å². The van der Waals surface area contributed by atoms with Gasteiger partial charge in [-0.2, -0.15) is 0 Å². The topological polar surface area (TPSA) is 295 Å². The Balaban J connectivity index is 1.71. The summed E-state index contributed by atoms with van der Waals surface area (Å²) >= 11 is 0. The maximum atomic E-state index is 14.0. The lowest BCUT2D eigenvalue weighted by atomic mass is 10.00. The van der Waals surface area contributed by atoms with Crippen LogP contribution in [0.15, 0.2) is 76.7 Å². The second kappa shape index (κ2) is 19.4. The highest BCUT2D eigenvalue weighted by Gasteiger charge is 2.33. The van der Waals surface area contributed by atoms with Crippen molar-refractivity contribution in [2.45, 2.75) is 75.7 Å². The quantitative estimate of drug-likeness (QED) is 0.0607. The van der Waals surface area contributed by atoms with Gasteiger partial charge in [-0.3, -0.25) is 34.0 Å². The maximum Gasteiger partial charge on any atom is 0.243 e. The number of aliphatic imine (C=N–C) groups is 2. The maximum absolute atomic E-state index is 14.0. The minimum atomic E-state index is -1.21. The molecular weight excluding hydrogens is 694 g/mol.